The second kappa shape index (κ2) is 3.38. The Morgan fingerprint density at radius 3 is 2.92 bits per heavy atom. The maximum absolute atomic E-state index is 10.5. The Morgan fingerprint density at radius 1 is 1.83 bits per heavy atom. The predicted octanol–water partition coefficient (Wildman–Crippen LogP) is 1.25. The molecule has 1 N–H and O–H groups in total. The van der Waals surface area contributed by atoms with E-state index in [1.807, 2.05) is 0 Å². The van der Waals surface area contributed by atoms with Gasteiger partial charge in [0, 0.05) is 6.42 Å². The van der Waals surface area contributed by atoms with Crippen molar-refractivity contribution >= 4 is 5.97 Å². The molecule has 4 heteroatoms. The maximum atomic E-state index is 10.5. The van der Waals surface area contributed by atoms with Gasteiger partial charge in [-0.25, -0.2) is 4.98 Å². The topological polar surface area (TPSA) is 63.3 Å². The second-order valence-corrected chi connectivity index (χ2v) is 2.80. The Hall–Kier alpha value is -1.32. The first kappa shape index (κ1) is 8.77. The highest BCUT2D eigenvalue weighted by molar-refractivity contribution is 5.69. The van der Waals surface area contributed by atoms with Crippen LogP contribution < -0.4 is 0 Å². The van der Waals surface area contributed by atoms with Crippen molar-refractivity contribution < 1.29 is 14.3 Å². The molecule has 0 aliphatic rings. The van der Waals surface area contributed by atoms with E-state index in [0.29, 0.717) is 12.2 Å². The highest BCUT2D eigenvalue weighted by Crippen LogP contribution is 2.10. The minimum Gasteiger partial charge on any atom is -0.481 e. The number of nitrogens with zero attached hydrogens (tertiary/aromatic N) is 1. The molecule has 1 atom stereocenters. The van der Waals surface area contributed by atoms with Crippen molar-refractivity contribution in [3.8, 4) is 0 Å². The van der Waals surface area contributed by atoms with Crippen molar-refractivity contribution in [3.63, 3.8) is 0 Å². The zero-order valence-corrected chi connectivity index (χ0v) is 7.07. The molecule has 4 nitrogen and oxygen atoms in total. The van der Waals surface area contributed by atoms with Crippen LogP contribution in [0.15, 0.2) is 10.8 Å². The normalized spacial score (nSPS) is 12.8. The number of carbonyl (C=O) groups is 1. The van der Waals surface area contributed by atoms with Crippen LogP contribution in [0.4, 0.5) is 0 Å². The molecule has 1 unspecified atom stereocenters. The van der Waals surface area contributed by atoms with E-state index < -0.39 is 11.9 Å². The van der Waals surface area contributed by atoms with Crippen molar-refractivity contribution in [2.45, 2.75) is 20.3 Å². The van der Waals surface area contributed by atoms with Gasteiger partial charge in [-0.3, -0.25) is 4.79 Å². The average Bonchev–Trinajstić information content (AvgIpc) is 2.36. The summed E-state index contributed by atoms with van der Waals surface area (Å²) in [6.45, 7) is 3.42. The molecule has 66 valence electrons. The molecule has 0 aliphatic heterocycles. The molecule has 12 heavy (non-hydrogen) atoms. The third kappa shape index (κ3) is 1.84. The van der Waals surface area contributed by atoms with Crippen LogP contribution in [0.2, 0.25) is 0 Å². The molecule has 0 amide bonds. The van der Waals surface area contributed by atoms with Gasteiger partial charge in [0.05, 0.1) is 11.6 Å². The van der Waals surface area contributed by atoms with E-state index in [0.717, 1.165) is 5.69 Å². The fourth-order valence-corrected chi connectivity index (χ4v) is 0.902. The van der Waals surface area contributed by atoms with E-state index >= 15 is 0 Å². The minimum atomic E-state index is -0.808. The Balaban J connectivity index is 2.64. The molecule has 0 saturated heterocycles. The van der Waals surface area contributed by atoms with Crippen molar-refractivity contribution in [2.24, 2.45) is 5.92 Å². The van der Waals surface area contributed by atoms with Gasteiger partial charge in [-0.2, -0.15) is 0 Å². The zero-order valence-electron chi connectivity index (χ0n) is 7.07. The molecule has 1 heterocycles. The summed E-state index contributed by atoms with van der Waals surface area (Å²) in [6, 6.07) is 0. The number of carboxylic acids is 1. The van der Waals surface area contributed by atoms with Gasteiger partial charge in [-0.1, -0.05) is 6.92 Å². The quantitative estimate of drug-likeness (QED) is 0.739. The van der Waals surface area contributed by atoms with Crippen LogP contribution in [0.25, 0.3) is 0 Å². The van der Waals surface area contributed by atoms with Crippen molar-refractivity contribution in [2.75, 3.05) is 0 Å². The van der Waals surface area contributed by atoms with Crippen molar-refractivity contribution in [3.05, 3.63) is 17.8 Å². The third-order valence-corrected chi connectivity index (χ3v) is 1.77. The summed E-state index contributed by atoms with van der Waals surface area (Å²) in [4.78, 5) is 14.4. The van der Waals surface area contributed by atoms with Gasteiger partial charge in [0.25, 0.3) is 0 Å². The summed E-state index contributed by atoms with van der Waals surface area (Å²) in [7, 11) is 0. The van der Waals surface area contributed by atoms with E-state index in [-0.39, 0.29) is 0 Å². The number of rotatable bonds is 3. The fourth-order valence-electron chi connectivity index (χ4n) is 0.902. The average molecular weight is 169 g/mol. The molecule has 0 aliphatic carbocycles. The Kier molecular flexibility index (Phi) is 2.47. The van der Waals surface area contributed by atoms with E-state index in [1.165, 1.54) is 6.39 Å². The number of hydrogen-bond donors (Lipinski definition) is 1. The molecule has 0 spiro atoms. The summed E-state index contributed by atoms with van der Waals surface area (Å²) in [5, 5.41) is 8.61. The molecular formula is C8H11NO3. The Bertz CT molecular complexity index is 280. The van der Waals surface area contributed by atoms with E-state index in [2.05, 4.69) is 4.98 Å². The number of hydrogen-bond acceptors (Lipinski definition) is 3. The summed E-state index contributed by atoms with van der Waals surface area (Å²) < 4.78 is 4.94. The fraction of sp³-hybridized carbons (Fsp3) is 0.500. The smallest absolute Gasteiger partial charge is 0.306 e. The lowest BCUT2D eigenvalue weighted by molar-refractivity contribution is -0.141. The molecule has 0 aromatic carbocycles. The molecule has 1 rings (SSSR count). The van der Waals surface area contributed by atoms with Crippen LogP contribution in [0, 0.1) is 12.8 Å². The summed E-state index contributed by atoms with van der Waals surface area (Å²) in [6.07, 6.45) is 1.76. The second-order valence-electron chi connectivity index (χ2n) is 2.80. The molecule has 1 aromatic rings. The summed E-state index contributed by atoms with van der Waals surface area (Å²) in [5.74, 6) is -0.519. The van der Waals surface area contributed by atoms with Gasteiger partial charge >= 0.3 is 5.97 Å². The highest BCUT2D eigenvalue weighted by Gasteiger charge is 2.14. The van der Waals surface area contributed by atoms with Gasteiger partial charge in [-0.05, 0) is 6.92 Å². The lowest BCUT2D eigenvalue weighted by Crippen LogP contribution is -2.12. The van der Waals surface area contributed by atoms with E-state index in [9.17, 15) is 4.79 Å². The van der Waals surface area contributed by atoms with Crippen LogP contribution in [-0.4, -0.2) is 16.1 Å². The van der Waals surface area contributed by atoms with E-state index in [4.69, 9.17) is 9.52 Å². The third-order valence-electron chi connectivity index (χ3n) is 1.77. The Labute approximate surface area is 70.2 Å². The lowest BCUT2D eigenvalue weighted by atomic mass is 10.1. The summed E-state index contributed by atoms with van der Waals surface area (Å²) >= 11 is 0. The van der Waals surface area contributed by atoms with Crippen molar-refractivity contribution in [1.82, 2.24) is 4.98 Å². The molecule has 0 radical (unpaired) electrons. The van der Waals surface area contributed by atoms with Gasteiger partial charge < -0.3 is 9.52 Å². The largest absolute Gasteiger partial charge is 0.481 e. The van der Waals surface area contributed by atoms with Crippen LogP contribution in [0.1, 0.15) is 18.4 Å². The van der Waals surface area contributed by atoms with Crippen LogP contribution in [-0.2, 0) is 11.2 Å². The molecular weight excluding hydrogens is 158 g/mol. The number of oxazole rings is 1. The summed E-state index contributed by atoms with van der Waals surface area (Å²) in [5.41, 5.74) is 0.727. The first-order valence-electron chi connectivity index (χ1n) is 3.73. The molecule has 0 fully saturated rings. The van der Waals surface area contributed by atoms with Gasteiger partial charge in [0.2, 0.25) is 0 Å². The van der Waals surface area contributed by atoms with Crippen molar-refractivity contribution in [1.29, 1.82) is 0 Å². The first-order valence-corrected chi connectivity index (χ1v) is 3.73. The van der Waals surface area contributed by atoms with Gasteiger partial charge in [-0.15, -0.1) is 0 Å². The number of aryl methyl sites for hydroxylation is 1. The molecule has 0 bridgehead atoms. The van der Waals surface area contributed by atoms with E-state index in [1.54, 1.807) is 13.8 Å². The van der Waals surface area contributed by atoms with Crippen LogP contribution >= 0.6 is 0 Å². The first-order chi connectivity index (χ1) is 5.61. The zero-order chi connectivity index (χ0) is 9.14. The van der Waals surface area contributed by atoms with Gasteiger partial charge in [0.1, 0.15) is 5.76 Å². The van der Waals surface area contributed by atoms with Crippen LogP contribution in [0.3, 0.4) is 0 Å². The SMILES string of the molecule is Cc1ocnc1CC(C)C(=O)O. The molecule has 1 aromatic heterocycles. The highest BCUT2D eigenvalue weighted by atomic mass is 16.4. The number of carboxylic acid groups (broad SMARTS) is 1. The monoisotopic (exact) mass is 169 g/mol. The predicted molar refractivity (Wildman–Crippen MR) is 41.7 cm³/mol. The van der Waals surface area contributed by atoms with Crippen LogP contribution in [0.5, 0.6) is 0 Å². The standard InChI is InChI=1S/C8H11NO3/c1-5(8(10)11)3-7-6(2)12-4-9-7/h4-5H,3H2,1-2H3,(H,10,11). The maximum Gasteiger partial charge on any atom is 0.306 e. The minimum absolute atomic E-state index is 0.409. The lowest BCUT2D eigenvalue weighted by Gasteiger charge is -2.02. The number of aliphatic carboxylic acids is 1. The van der Waals surface area contributed by atoms with Gasteiger partial charge in [0.15, 0.2) is 6.39 Å². The Morgan fingerprint density at radius 2 is 2.50 bits per heavy atom. The molecule has 0 saturated carbocycles. The number of aromatic nitrogens is 1.